The topological polar surface area (TPSA) is 50.3 Å². The lowest BCUT2D eigenvalue weighted by molar-refractivity contribution is -0.00689. The van der Waals surface area contributed by atoms with Crippen molar-refractivity contribution in [2.75, 3.05) is 11.4 Å². The van der Waals surface area contributed by atoms with Crippen LogP contribution in [-0.4, -0.2) is 20.4 Å². The van der Waals surface area contributed by atoms with Crippen LogP contribution in [0.5, 0.6) is 0 Å². The number of hydrogen-bond acceptors (Lipinski definition) is 4. The first-order valence-corrected chi connectivity index (χ1v) is 13.3. The fraction of sp³-hybridized carbons (Fsp3) is 0.609. The van der Waals surface area contributed by atoms with Crippen LogP contribution >= 0.6 is 11.3 Å². The van der Waals surface area contributed by atoms with Crippen LogP contribution in [0.25, 0.3) is 0 Å². The fourth-order valence-electron chi connectivity index (χ4n) is 6.45. The van der Waals surface area contributed by atoms with Gasteiger partial charge in [-0.05, 0) is 80.4 Å². The van der Waals surface area contributed by atoms with Gasteiger partial charge in [0.15, 0.2) is 5.13 Å². The van der Waals surface area contributed by atoms with E-state index in [2.05, 4.69) is 12.3 Å². The molecule has 1 heterocycles. The molecule has 0 saturated heterocycles. The summed E-state index contributed by atoms with van der Waals surface area (Å²) in [6.07, 6.45) is 9.97. The molecule has 0 amide bonds. The van der Waals surface area contributed by atoms with Gasteiger partial charge in [0.05, 0.1) is 10.6 Å². The van der Waals surface area contributed by atoms with E-state index in [4.69, 9.17) is 4.98 Å². The van der Waals surface area contributed by atoms with E-state index in [1.54, 1.807) is 19.2 Å². The standard InChI is InChI=1S/C23H30N2O2S2/c1-3-4-16-5-7-20(8-6-16)29(26,27)25(2)22-24-21(15-28-22)23-12-17-9-18(13-23)11-19(10-17)14-23/h5-8,15,17-19H,3-4,9-14H2,1-2H3. The Balaban J connectivity index is 1.40. The Morgan fingerprint density at radius 2 is 1.66 bits per heavy atom. The SMILES string of the molecule is CCCc1ccc(S(=O)(=O)N(C)c2nc(C34CC5CC(CC(C5)C3)C4)cs2)cc1. The van der Waals surface area contributed by atoms with Gasteiger partial charge in [-0.2, -0.15) is 0 Å². The normalized spacial score (nSPS) is 30.6. The highest BCUT2D eigenvalue weighted by molar-refractivity contribution is 7.93. The molecule has 0 N–H and O–H groups in total. The molecule has 0 atom stereocenters. The van der Waals surface area contributed by atoms with Crippen LogP contribution in [0.3, 0.4) is 0 Å². The number of aromatic nitrogens is 1. The van der Waals surface area contributed by atoms with Crippen LogP contribution in [0, 0.1) is 17.8 Å². The molecule has 4 bridgehead atoms. The van der Waals surface area contributed by atoms with Crippen molar-refractivity contribution in [2.45, 2.75) is 68.6 Å². The van der Waals surface area contributed by atoms with Crippen LogP contribution < -0.4 is 4.31 Å². The summed E-state index contributed by atoms with van der Waals surface area (Å²) in [5, 5.41) is 2.73. The first kappa shape index (κ1) is 19.6. The Kier molecular flexibility index (Phi) is 4.78. The molecule has 4 aliphatic rings. The quantitative estimate of drug-likeness (QED) is 0.617. The van der Waals surface area contributed by atoms with E-state index in [-0.39, 0.29) is 5.41 Å². The lowest BCUT2D eigenvalue weighted by atomic mass is 9.49. The van der Waals surface area contributed by atoms with Gasteiger partial charge in [0, 0.05) is 17.8 Å². The molecular formula is C23H30N2O2S2. The van der Waals surface area contributed by atoms with Crippen LogP contribution in [0.15, 0.2) is 34.5 Å². The summed E-state index contributed by atoms with van der Waals surface area (Å²) in [5.74, 6) is 2.57. The number of rotatable bonds is 6. The summed E-state index contributed by atoms with van der Waals surface area (Å²) in [4.78, 5) is 5.24. The Hall–Kier alpha value is -1.40. The number of hydrogen-bond donors (Lipinski definition) is 0. The number of aryl methyl sites for hydroxylation is 1. The zero-order valence-corrected chi connectivity index (χ0v) is 18.9. The Morgan fingerprint density at radius 1 is 1.07 bits per heavy atom. The summed E-state index contributed by atoms with van der Waals surface area (Å²) in [7, 11) is -1.95. The maximum Gasteiger partial charge on any atom is 0.265 e. The second kappa shape index (κ2) is 7.09. The highest BCUT2D eigenvalue weighted by atomic mass is 32.2. The van der Waals surface area contributed by atoms with Crippen molar-refractivity contribution in [3.8, 4) is 0 Å². The molecule has 2 aromatic rings. The number of sulfonamides is 1. The van der Waals surface area contributed by atoms with Gasteiger partial charge in [-0.25, -0.2) is 17.7 Å². The average Bonchev–Trinajstić information content (AvgIpc) is 3.18. The highest BCUT2D eigenvalue weighted by Gasteiger charge is 2.52. The summed E-state index contributed by atoms with van der Waals surface area (Å²) >= 11 is 1.48. The monoisotopic (exact) mass is 430 g/mol. The van der Waals surface area contributed by atoms with Gasteiger partial charge in [-0.3, -0.25) is 0 Å². The maximum atomic E-state index is 13.2. The van der Waals surface area contributed by atoms with Crippen molar-refractivity contribution in [2.24, 2.45) is 17.8 Å². The Labute approximate surface area is 178 Å². The fourth-order valence-corrected chi connectivity index (χ4v) is 8.74. The van der Waals surface area contributed by atoms with Crippen molar-refractivity contribution < 1.29 is 8.42 Å². The molecule has 4 saturated carbocycles. The second-order valence-corrected chi connectivity index (χ2v) is 12.4. The maximum absolute atomic E-state index is 13.2. The number of nitrogens with zero attached hydrogens (tertiary/aromatic N) is 2. The van der Waals surface area contributed by atoms with Gasteiger partial charge in [-0.1, -0.05) is 25.5 Å². The van der Waals surface area contributed by atoms with Gasteiger partial charge in [0.1, 0.15) is 0 Å². The van der Waals surface area contributed by atoms with E-state index in [1.165, 1.54) is 59.7 Å². The van der Waals surface area contributed by atoms with Gasteiger partial charge in [0.25, 0.3) is 10.0 Å². The van der Waals surface area contributed by atoms with Gasteiger partial charge in [-0.15, -0.1) is 11.3 Å². The Morgan fingerprint density at radius 3 is 2.21 bits per heavy atom. The van der Waals surface area contributed by atoms with Crippen LogP contribution in [0.1, 0.15) is 63.1 Å². The third-order valence-electron chi connectivity index (χ3n) is 7.46. The molecule has 0 unspecified atom stereocenters. The van der Waals surface area contributed by atoms with Crippen LogP contribution in [0.2, 0.25) is 0 Å². The third kappa shape index (κ3) is 3.32. The van der Waals surface area contributed by atoms with E-state index in [9.17, 15) is 8.42 Å². The lowest BCUT2D eigenvalue weighted by Gasteiger charge is -2.56. The minimum absolute atomic E-state index is 0.204. The summed E-state index contributed by atoms with van der Waals surface area (Å²) in [6.45, 7) is 2.13. The summed E-state index contributed by atoms with van der Waals surface area (Å²) in [5.41, 5.74) is 2.53. The van der Waals surface area contributed by atoms with Crippen molar-refractivity contribution in [3.63, 3.8) is 0 Å². The van der Waals surface area contributed by atoms with Gasteiger partial charge < -0.3 is 0 Å². The number of thiazole rings is 1. The Bertz CT molecular complexity index is 959. The van der Waals surface area contributed by atoms with Crippen molar-refractivity contribution in [1.29, 1.82) is 0 Å². The predicted molar refractivity (Wildman–Crippen MR) is 118 cm³/mol. The smallest absolute Gasteiger partial charge is 0.244 e. The largest absolute Gasteiger partial charge is 0.265 e. The second-order valence-electron chi connectivity index (χ2n) is 9.58. The highest BCUT2D eigenvalue weighted by Crippen LogP contribution is 2.60. The zero-order valence-electron chi connectivity index (χ0n) is 17.3. The van der Waals surface area contributed by atoms with Crippen LogP contribution in [0.4, 0.5) is 5.13 Å². The molecule has 29 heavy (non-hydrogen) atoms. The molecule has 0 radical (unpaired) electrons. The molecule has 6 rings (SSSR count). The first-order valence-electron chi connectivity index (χ1n) is 10.9. The average molecular weight is 431 g/mol. The first-order chi connectivity index (χ1) is 13.9. The minimum Gasteiger partial charge on any atom is -0.244 e. The number of anilines is 1. The summed E-state index contributed by atoms with van der Waals surface area (Å²) in [6, 6.07) is 7.30. The molecule has 0 spiro atoms. The molecule has 4 fully saturated rings. The predicted octanol–water partition coefficient (Wildman–Crippen LogP) is 5.39. The van der Waals surface area contributed by atoms with E-state index < -0.39 is 10.0 Å². The molecule has 6 heteroatoms. The van der Waals surface area contributed by atoms with E-state index in [0.29, 0.717) is 10.0 Å². The molecule has 156 valence electrons. The zero-order chi connectivity index (χ0) is 20.2. The molecular weight excluding hydrogens is 400 g/mol. The van der Waals surface area contributed by atoms with Crippen molar-refractivity contribution in [1.82, 2.24) is 4.98 Å². The molecule has 1 aromatic heterocycles. The van der Waals surface area contributed by atoms with E-state index >= 15 is 0 Å². The van der Waals surface area contributed by atoms with E-state index in [1.807, 2.05) is 12.1 Å². The van der Waals surface area contributed by atoms with Crippen molar-refractivity contribution >= 4 is 26.5 Å². The third-order valence-corrected chi connectivity index (χ3v) is 10.3. The lowest BCUT2D eigenvalue weighted by Crippen LogP contribution is -2.48. The minimum atomic E-state index is -3.59. The summed E-state index contributed by atoms with van der Waals surface area (Å²) < 4.78 is 27.7. The molecule has 4 nitrogen and oxygen atoms in total. The van der Waals surface area contributed by atoms with Crippen molar-refractivity contribution in [3.05, 3.63) is 40.9 Å². The van der Waals surface area contributed by atoms with Gasteiger partial charge >= 0.3 is 0 Å². The molecule has 4 aliphatic carbocycles. The molecule has 0 aliphatic heterocycles. The molecule has 1 aromatic carbocycles. The van der Waals surface area contributed by atoms with Crippen LogP contribution in [-0.2, 0) is 21.9 Å². The van der Waals surface area contributed by atoms with E-state index in [0.717, 1.165) is 36.3 Å². The van der Waals surface area contributed by atoms with Gasteiger partial charge in [0.2, 0.25) is 0 Å². The number of benzene rings is 1.